The molecule has 0 bridgehead atoms. The van der Waals surface area contributed by atoms with Crippen LogP contribution in [0.3, 0.4) is 0 Å². The zero-order valence-electron chi connectivity index (χ0n) is 10.7. The minimum absolute atomic E-state index is 0.0245. The highest BCUT2D eigenvalue weighted by atomic mass is 16.5. The summed E-state index contributed by atoms with van der Waals surface area (Å²) in [4.78, 5) is 11.3. The van der Waals surface area contributed by atoms with E-state index < -0.39 is 0 Å². The minimum atomic E-state index is -0.117. The van der Waals surface area contributed by atoms with Crippen molar-refractivity contribution in [2.24, 2.45) is 0 Å². The monoisotopic (exact) mass is 236 g/mol. The third kappa shape index (κ3) is 5.38. The highest BCUT2D eigenvalue weighted by molar-refractivity contribution is 5.69. The second-order valence-electron chi connectivity index (χ2n) is 4.24. The molecule has 17 heavy (non-hydrogen) atoms. The maximum Gasteiger partial charge on any atom is 0.306 e. The van der Waals surface area contributed by atoms with E-state index in [-0.39, 0.29) is 12.1 Å². The zero-order chi connectivity index (χ0) is 12.7. The van der Waals surface area contributed by atoms with Gasteiger partial charge in [0.05, 0.1) is 13.2 Å². The Labute approximate surface area is 103 Å². The molecule has 94 valence electrons. The van der Waals surface area contributed by atoms with Crippen molar-refractivity contribution in [3.05, 3.63) is 29.8 Å². The van der Waals surface area contributed by atoms with Gasteiger partial charge < -0.3 is 9.47 Å². The molecule has 3 nitrogen and oxygen atoms in total. The van der Waals surface area contributed by atoms with Crippen molar-refractivity contribution in [2.75, 3.05) is 7.11 Å². The van der Waals surface area contributed by atoms with Crippen LogP contribution < -0.4 is 4.74 Å². The van der Waals surface area contributed by atoms with Crippen LogP contribution in [0.1, 0.15) is 32.3 Å². The molecule has 0 aliphatic rings. The Balaban J connectivity index is 2.28. The standard InChI is InChI=1S/C14H20O3/c1-11(2)17-14(15)6-4-5-12-7-9-13(16-3)10-8-12/h7-11H,4-6H2,1-3H3. The molecule has 3 heteroatoms. The highest BCUT2D eigenvalue weighted by Gasteiger charge is 2.05. The molecular formula is C14H20O3. The van der Waals surface area contributed by atoms with Gasteiger partial charge >= 0.3 is 5.97 Å². The summed E-state index contributed by atoms with van der Waals surface area (Å²) in [6.45, 7) is 3.72. The van der Waals surface area contributed by atoms with Gasteiger partial charge in [-0.3, -0.25) is 4.79 Å². The van der Waals surface area contributed by atoms with Crippen molar-refractivity contribution >= 4 is 5.97 Å². The lowest BCUT2D eigenvalue weighted by Gasteiger charge is -2.07. The van der Waals surface area contributed by atoms with E-state index in [1.54, 1.807) is 7.11 Å². The summed E-state index contributed by atoms with van der Waals surface area (Å²) in [6, 6.07) is 7.91. The fourth-order valence-electron chi connectivity index (χ4n) is 1.55. The largest absolute Gasteiger partial charge is 0.497 e. The summed E-state index contributed by atoms with van der Waals surface area (Å²) in [5, 5.41) is 0. The van der Waals surface area contributed by atoms with Gasteiger partial charge in [0.2, 0.25) is 0 Å². The van der Waals surface area contributed by atoms with E-state index in [9.17, 15) is 4.79 Å². The van der Waals surface area contributed by atoms with Crippen molar-refractivity contribution in [1.29, 1.82) is 0 Å². The van der Waals surface area contributed by atoms with Gasteiger partial charge in [-0.05, 0) is 44.4 Å². The molecule has 0 saturated carbocycles. The van der Waals surface area contributed by atoms with E-state index in [1.165, 1.54) is 5.56 Å². The molecule has 0 N–H and O–H groups in total. The van der Waals surface area contributed by atoms with Crippen LogP contribution in [-0.4, -0.2) is 19.2 Å². The Kier molecular flexibility index (Phi) is 5.53. The van der Waals surface area contributed by atoms with Gasteiger partial charge in [0.15, 0.2) is 0 Å². The molecule has 0 spiro atoms. The molecule has 0 radical (unpaired) electrons. The van der Waals surface area contributed by atoms with Crippen LogP contribution in [-0.2, 0) is 16.0 Å². The SMILES string of the molecule is COc1ccc(CCCC(=O)OC(C)C)cc1. The minimum Gasteiger partial charge on any atom is -0.497 e. The quantitative estimate of drug-likeness (QED) is 0.712. The van der Waals surface area contributed by atoms with Crippen LogP contribution in [0, 0.1) is 0 Å². The molecule has 0 amide bonds. The summed E-state index contributed by atoms with van der Waals surface area (Å²) < 4.78 is 10.1. The molecule has 0 aliphatic heterocycles. The van der Waals surface area contributed by atoms with E-state index in [4.69, 9.17) is 9.47 Å². The molecule has 0 aromatic heterocycles. The number of carbonyl (C=O) groups excluding carboxylic acids is 1. The van der Waals surface area contributed by atoms with E-state index in [2.05, 4.69) is 0 Å². The first kappa shape index (κ1) is 13.6. The smallest absolute Gasteiger partial charge is 0.306 e. The van der Waals surface area contributed by atoms with Crippen molar-refractivity contribution in [1.82, 2.24) is 0 Å². The first-order chi connectivity index (χ1) is 8.11. The van der Waals surface area contributed by atoms with Gasteiger partial charge in [0.25, 0.3) is 0 Å². The molecule has 0 atom stereocenters. The molecule has 0 heterocycles. The average molecular weight is 236 g/mol. The fraction of sp³-hybridized carbons (Fsp3) is 0.500. The maximum atomic E-state index is 11.3. The van der Waals surface area contributed by atoms with E-state index >= 15 is 0 Å². The lowest BCUT2D eigenvalue weighted by Crippen LogP contribution is -2.11. The van der Waals surface area contributed by atoms with Crippen LogP contribution in [0.25, 0.3) is 0 Å². The molecule has 0 fully saturated rings. The molecule has 1 aromatic rings. The maximum absolute atomic E-state index is 11.3. The lowest BCUT2D eigenvalue weighted by molar-refractivity contribution is -0.147. The zero-order valence-corrected chi connectivity index (χ0v) is 10.7. The van der Waals surface area contributed by atoms with Crippen molar-refractivity contribution < 1.29 is 14.3 Å². The number of methoxy groups -OCH3 is 1. The average Bonchev–Trinajstić information content (AvgIpc) is 2.29. The number of benzene rings is 1. The number of ether oxygens (including phenoxy) is 2. The first-order valence-corrected chi connectivity index (χ1v) is 5.94. The summed E-state index contributed by atoms with van der Waals surface area (Å²) in [5.41, 5.74) is 1.21. The Hall–Kier alpha value is -1.51. The number of rotatable bonds is 6. The van der Waals surface area contributed by atoms with Crippen molar-refractivity contribution in [3.8, 4) is 5.75 Å². The molecular weight excluding hydrogens is 216 g/mol. The molecule has 0 unspecified atom stereocenters. The summed E-state index contributed by atoms with van der Waals surface area (Å²) in [7, 11) is 1.65. The van der Waals surface area contributed by atoms with Gasteiger partial charge in [0, 0.05) is 6.42 Å². The van der Waals surface area contributed by atoms with Crippen molar-refractivity contribution in [3.63, 3.8) is 0 Å². The molecule has 0 aliphatic carbocycles. The van der Waals surface area contributed by atoms with Gasteiger partial charge in [-0.1, -0.05) is 12.1 Å². The number of hydrogen-bond donors (Lipinski definition) is 0. The van der Waals surface area contributed by atoms with E-state index in [0.29, 0.717) is 6.42 Å². The normalized spacial score (nSPS) is 10.4. The summed E-state index contributed by atoms with van der Waals surface area (Å²) >= 11 is 0. The summed E-state index contributed by atoms with van der Waals surface area (Å²) in [5.74, 6) is 0.737. The first-order valence-electron chi connectivity index (χ1n) is 5.94. The number of aryl methyl sites for hydroxylation is 1. The molecule has 1 rings (SSSR count). The lowest BCUT2D eigenvalue weighted by atomic mass is 10.1. The predicted molar refractivity (Wildman–Crippen MR) is 67.2 cm³/mol. The Bertz CT molecular complexity index is 341. The highest BCUT2D eigenvalue weighted by Crippen LogP contribution is 2.13. The van der Waals surface area contributed by atoms with Crippen LogP contribution in [0.4, 0.5) is 0 Å². The molecule has 0 saturated heterocycles. The van der Waals surface area contributed by atoms with Crippen LogP contribution >= 0.6 is 0 Å². The van der Waals surface area contributed by atoms with Crippen LogP contribution in [0.5, 0.6) is 5.75 Å². The fourth-order valence-corrected chi connectivity index (χ4v) is 1.55. The van der Waals surface area contributed by atoms with Gasteiger partial charge in [-0.2, -0.15) is 0 Å². The third-order valence-electron chi connectivity index (χ3n) is 2.37. The van der Waals surface area contributed by atoms with Crippen LogP contribution in [0.2, 0.25) is 0 Å². The summed E-state index contributed by atoms with van der Waals surface area (Å²) in [6.07, 6.45) is 2.16. The predicted octanol–water partition coefficient (Wildman–Crippen LogP) is 2.97. The second-order valence-corrected chi connectivity index (χ2v) is 4.24. The Morgan fingerprint density at radius 2 is 1.88 bits per heavy atom. The van der Waals surface area contributed by atoms with E-state index in [0.717, 1.165) is 18.6 Å². The number of hydrogen-bond acceptors (Lipinski definition) is 3. The van der Waals surface area contributed by atoms with Crippen LogP contribution in [0.15, 0.2) is 24.3 Å². The van der Waals surface area contributed by atoms with Gasteiger partial charge in [0.1, 0.15) is 5.75 Å². The third-order valence-corrected chi connectivity index (χ3v) is 2.37. The second kappa shape index (κ2) is 6.94. The molecule has 1 aromatic carbocycles. The van der Waals surface area contributed by atoms with Crippen molar-refractivity contribution in [2.45, 2.75) is 39.2 Å². The number of esters is 1. The number of carbonyl (C=O) groups is 1. The van der Waals surface area contributed by atoms with E-state index in [1.807, 2.05) is 38.1 Å². The Morgan fingerprint density at radius 3 is 2.41 bits per heavy atom. The van der Waals surface area contributed by atoms with Gasteiger partial charge in [-0.15, -0.1) is 0 Å². The van der Waals surface area contributed by atoms with Gasteiger partial charge in [-0.25, -0.2) is 0 Å². The topological polar surface area (TPSA) is 35.5 Å². The Morgan fingerprint density at radius 1 is 1.24 bits per heavy atom.